The van der Waals surface area contributed by atoms with Gasteiger partial charge in [0.25, 0.3) is 0 Å². The van der Waals surface area contributed by atoms with Crippen molar-refractivity contribution < 1.29 is 14.3 Å². The summed E-state index contributed by atoms with van der Waals surface area (Å²) >= 11 is 3.27. The summed E-state index contributed by atoms with van der Waals surface area (Å²) in [7, 11) is 0. The van der Waals surface area contributed by atoms with E-state index in [1.807, 2.05) is 13.8 Å². The van der Waals surface area contributed by atoms with Gasteiger partial charge in [-0.15, -0.1) is 0 Å². The first kappa shape index (κ1) is 14.4. The molecule has 0 spiro atoms. The fourth-order valence-electron chi connectivity index (χ4n) is 0.819. The number of ether oxygens (including phenoxy) is 1. The number of nitrogens with one attached hydrogen (secondary N) is 1. The molecule has 0 bridgehead atoms. The number of primary amides is 1. The van der Waals surface area contributed by atoms with Crippen LogP contribution in [0.4, 0.5) is 0 Å². The largest absolute Gasteiger partial charge is 0.370 e. The molecule has 0 aromatic heterocycles. The van der Waals surface area contributed by atoms with Crippen LogP contribution in [-0.4, -0.2) is 36.4 Å². The fourth-order valence-corrected chi connectivity index (χ4v) is 0.981. The van der Waals surface area contributed by atoms with Gasteiger partial charge in [-0.05, 0) is 5.92 Å². The molecule has 0 saturated carbocycles. The van der Waals surface area contributed by atoms with Crippen molar-refractivity contribution in [2.24, 2.45) is 11.7 Å². The Kier molecular flexibility index (Phi) is 7.33. The number of carbonyl (C=O) groups is 2. The third kappa shape index (κ3) is 7.33. The molecule has 1 atom stereocenters. The molecule has 0 aromatic rings. The predicted octanol–water partition coefficient (Wildman–Crippen LogP) is 0.0240. The van der Waals surface area contributed by atoms with E-state index >= 15 is 0 Å². The molecular formula is C9H17BrN2O3. The third-order valence-corrected chi connectivity index (χ3v) is 3.10. The van der Waals surface area contributed by atoms with Gasteiger partial charge in [0.05, 0.1) is 11.4 Å². The lowest BCUT2D eigenvalue weighted by Crippen LogP contribution is -2.36. The Bertz CT molecular complexity index is 221. The molecule has 0 aromatic carbocycles. The Morgan fingerprint density at radius 2 is 2.07 bits per heavy atom. The number of carbonyl (C=O) groups excluding carboxylic acids is 2. The molecule has 0 aliphatic rings. The predicted molar refractivity (Wildman–Crippen MR) is 60.6 cm³/mol. The molecule has 15 heavy (non-hydrogen) atoms. The van der Waals surface area contributed by atoms with Crippen molar-refractivity contribution in [3.63, 3.8) is 0 Å². The molecule has 1 unspecified atom stereocenters. The lowest BCUT2D eigenvalue weighted by atomic mass is 10.1. The first-order valence-corrected chi connectivity index (χ1v) is 5.64. The van der Waals surface area contributed by atoms with Gasteiger partial charge in [-0.1, -0.05) is 29.8 Å². The summed E-state index contributed by atoms with van der Waals surface area (Å²) in [5, 5.41) is 2.67. The molecule has 3 N–H and O–H groups in total. The molecule has 6 heteroatoms. The summed E-state index contributed by atoms with van der Waals surface area (Å²) in [5.41, 5.74) is 4.86. The van der Waals surface area contributed by atoms with Crippen LogP contribution in [0.25, 0.3) is 0 Å². The highest BCUT2D eigenvalue weighted by molar-refractivity contribution is 9.10. The number of amides is 2. The van der Waals surface area contributed by atoms with E-state index in [2.05, 4.69) is 21.2 Å². The van der Waals surface area contributed by atoms with Crippen LogP contribution in [0.5, 0.6) is 0 Å². The summed E-state index contributed by atoms with van der Waals surface area (Å²) in [6.45, 7) is 4.44. The molecule has 0 fully saturated rings. The monoisotopic (exact) mass is 280 g/mol. The summed E-state index contributed by atoms with van der Waals surface area (Å²) in [6, 6.07) is 0. The first-order chi connectivity index (χ1) is 6.95. The zero-order valence-corrected chi connectivity index (χ0v) is 10.5. The van der Waals surface area contributed by atoms with Crippen LogP contribution in [0.15, 0.2) is 0 Å². The van der Waals surface area contributed by atoms with Gasteiger partial charge in [0.1, 0.15) is 6.61 Å². The molecular weight excluding hydrogens is 264 g/mol. The Labute approximate surface area is 97.9 Å². The average Bonchev–Trinajstić information content (AvgIpc) is 2.15. The second-order valence-electron chi connectivity index (χ2n) is 3.46. The third-order valence-electron chi connectivity index (χ3n) is 1.63. The van der Waals surface area contributed by atoms with E-state index in [9.17, 15) is 9.59 Å². The summed E-state index contributed by atoms with van der Waals surface area (Å²) in [4.78, 5) is 21.5. The topological polar surface area (TPSA) is 81.4 Å². The van der Waals surface area contributed by atoms with Crippen molar-refractivity contribution in [1.82, 2.24) is 5.32 Å². The van der Waals surface area contributed by atoms with Crippen LogP contribution in [0, 0.1) is 5.92 Å². The van der Waals surface area contributed by atoms with Crippen molar-refractivity contribution >= 4 is 27.7 Å². The highest BCUT2D eigenvalue weighted by Crippen LogP contribution is 2.11. The maximum atomic E-state index is 11.4. The number of hydrogen-bond acceptors (Lipinski definition) is 3. The number of hydrogen-bond donors (Lipinski definition) is 2. The quantitative estimate of drug-likeness (QED) is 0.510. The second kappa shape index (κ2) is 7.64. The fraction of sp³-hybridized carbons (Fsp3) is 0.778. The first-order valence-electron chi connectivity index (χ1n) is 4.73. The van der Waals surface area contributed by atoms with Crippen LogP contribution in [0.3, 0.4) is 0 Å². The van der Waals surface area contributed by atoms with Crippen molar-refractivity contribution in [1.29, 1.82) is 0 Å². The van der Waals surface area contributed by atoms with Crippen molar-refractivity contribution in [3.05, 3.63) is 0 Å². The van der Waals surface area contributed by atoms with Gasteiger partial charge in [-0.25, -0.2) is 0 Å². The number of alkyl halides is 1. The summed E-state index contributed by atoms with van der Waals surface area (Å²) < 4.78 is 4.88. The zero-order valence-electron chi connectivity index (χ0n) is 8.96. The van der Waals surface area contributed by atoms with E-state index < -0.39 is 5.91 Å². The van der Waals surface area contributed by atoms with Crippen molar-refractivity contribution in [3.8, 4) is 0 Å². The summed E-state index contributed by atoms with van der Waals surface area (Å²) in [5.74, 6) is -0.355. The maximum Gasteiger partial charge on any atom is 0.243 e. The van der Waals surface area contributed by atoms with E-state index in [0.29, 0.717) is 6.54 Å². The Balaban J connectivity index is 3.51. The van der Waals surface area contributed by atoms with Gasteiger partial charge in [-0.3, -0.25) is 9.59 Å². The van der Waals surface area contributed by atoms with E-state index in [1.54, 1.807) is 0 Å². The molecule has 2 amide bonds. The minimum atomic E-state index is -0.512. The minimum Gasteiger partial charge on any atom is -0.370 e. The second-order valence-corrected chi connectivity index (χ2v) is 4.44. The molecule has 5 nitrogen and oxygen atoms in total. The van der Waals surface area contributed by atoms with Crippen molar-refractivity contribution in [2.75, 3.05) is 19.8 Å². The van der Waals surface area contributed by atoms with Gasteiger partial charge in [0.15, 0.2) is 0 Å². The maximum absolute atomic E-state index is 11.4. The van der Waals surface area contributed by atoms with Crippen LogP contribution in [-0.2, 0) is 14.3 Å². The zero-order chi connectivity index (χ0) is 11.8. The average molecular weight is 281 g/mol. The van der Waals surface area contributed by atoms with Crippen molar-refractivity contribution in [2.45, 2.75) is 18.7 Å². The smallest absolute Gasteiger partial charge is 0.243 e. The standard InChI is InChI=1S/C9H17BrN2O3/c1-6(2)8(10)9(14)12-3-4-15-5-7(11)13/h6,8H,3-5H2,1-2H3,(H2,11,13)(H,12,14). The molecule has 0 aliphatic carbocycles. The highest BCUT2D eigenvalue weighted by atomic mass is 79.9. The molecule has 0 heterocycles. The summed E-state index contributed by atoms with van der Waals surface area (Å²) in [6.07, 6.45) is 0. The highest BCUT2D eigenvalue weighted by Gasteiger charge is 2.17. The Hall–Kier alpha value is -0.620. The van der Waals surface area contributed by atoms with Gasteiger partial charge >= 0.3 is 0 Å². The number of nitrogens with two attached hydrogens (primary N) is 1. The van der Waals surface area contributed by atoms with E-state index in [1.165, 1.54) is 0 Å². The number of rotatable bonds is 7. The van der Waals surface area contributed by atoms with Gasteiger partial charge in [0, 0.05) is 6.54 Å². The van der Waals surface area contributed by atoms with E-state index in [-0.39, 0.29) is 29.9 Å². The molecule has 0 radical (unpaired) electrons. The number of halogens is 1. The molecule has 88 valence electrons. The van der Waals surface area contributed by atoms with Gasteiger partial charge in [0.2, 0.25) is 11.8 Å². The Morgan fingerprint density at radius 1 is 1.47 bits per heavy atom. The van der Waals surface area contributed by atoms with Crippen LogP contribution in [0.2, 0.25) is 0 Å². The van der Waals surface area contributed by atoms with Crippen LogP contribution < -0.4 is 11.1 Å². The Morgan fingerprint density at radius 3 is 2.53 bits per heavy atom. The molecule has 0 aliphatic heterocycles. The minimum absolute atomic E-state index is 0.0762. The van der Waals surface area contributed by atoms with Gasteiger partial charge < -0.3 is 15.8 Å². The SMILES string of the molecule is CC(C)C(Br)C(=O)NCCOCC(N)=O. The van der Waals surface area contributed by atoms with E-state index in [0.717, 1.165) is 0 Å². The van der Waals surface area contributed by atoms with Crippen LogP contribution >= 0.6 is 15.9 Å². The van der Waals surface area contributed by atoms with Crippen LogP contribution in [0.1, 0.15) is 13.8 Å². The molecule has 0 saturated heterocycles. The van der Waals surface area contributed by atoms with Gasteiger partial charge in [-0.2, -0.15) is 0 Å². The van der Waals surface area contributed by atoms with E-state index in [4.69, 9.17) is 10.5 Å². The normalized spacial score (nSPS) is 12.5. The lowest BCUT2D eigenvalue weighted by molar-refractivity contribution is -0.122. The lowest BCUT2D eigenvalue weighted by Gasteiger charge is -2.13. The molecule has 0 rings (SSSR count).